The van der Waals surface area contributed by atoms with Gasteiger partial charge in [-0.05, 0) is 41.6 Å². The molecule has 0 saturated carbocycles. The molecule has 122 valence electrons. The van der Waals surface area contributed by atoms with Crippen molar-refractivity contribution in [2.24, 2.45) is 0 Å². The van der Waals surface area contributed by atoms with Gasteiger partial charge in [0.05, 0.1) is 7.11 Å². The van der Waals surface area contributed by atoms with Crippen molar-refractivity contribution < 1.29 is 33.8 Å². The topological polar surface area (TPSA) is 37.2 Å². The number of fused-ring (bicyclic) bond motifs is 1. The van der Waals surface area contributed by atoms with Gasteiger partial charge in [-0.2, -0.15) is 0 Å². The van der Waals surface area contributed by atoms with Crippen LogP contribution in [0.1, 0.15) is 11.1 Å². The van der Waals surface area contributed by atoms with Gasteiger partial charge in [0.15, 0.2) is 0 Å². The second-order valence-corrected chi connectivity index (χ2v) is 6.26. The predicted octanol–water partition coefficient (Wildman–Crippen LogP) is 0.372. The average Bonchev–Trinajstić information content (AvgIpc) is 2.81. The molecule has 0 spiro atoms. The van der Waals surface area contributed by atoms with E-state index in [-0.39, 0.29) is 52.9 Å². The molecule has 0 fully saturated rings. The zero-order valence-electron chi connectivity index (χ0n) is 13.5. The normalized spacial score (nSPS) is 10.1. The Morgan fingerprint density at radius 1 is 1.12 bits per heavy atom. The number of methoxy groups -OCH3 is 1. The number of nitrogens with zero attached hydrogens (tertiary/aromatic N) is 1. The van der Waals surface area contributed by atoms with Crippen LogP contribution in [0.5, 0.6) is 11.6 Å². The van der Waals surface area contributed by atoms with Crippen LogP contribution in [-0.4, -0.2) is 39.2 Å². The monoisotopic (exact) mass is 557 g/mol. The van der Waals surface area contributed by atoms with Gasteiger partial charge in [0.2, 0.25) is 0 Å². The van der Waals surface area contributed by atoms with Crippen molar-refractivity contribution in [1.29, 1.82) is 0 Å². The standard InChI is InChI=1S/C18H18INO2.HI.Mg/c1-22-14-7-8-17-16(11-14)15(9-10-19)18(21)20(17)12-13-5-3-2-4-6-13;;/h2-8,11,21H,9-10,12H2,1H3;1H;/q;;+2/p-2. The molecule has 0 N–H and O–H groups in total. The molecule has 0 bridgehead atoms. The third-order valence-electron chi connectivity index (χ3n) is 3.85. The van der Waals surface area contributed by atoms with Gasteiger partial charge < -0.3 is 38.4 Å². The summed E-state index contributed by atoms with van der Waals surface area (Å²) >= 11 is 2.31. The number of aromatic nitrogens is 1. The SMILES string of the molecule is COc1ccc2c(c1)c(CCI)c([O-])n2Cc1ccccc1.[I-].[Mg+2]. The van der Waals surface area contributed by atoms with E-state index < -0.39 is 0 Å². The van der Waals surface area contributed by atoms with E-state index in [1.54, 1.807) is 7.11 Å². The number of ether oxygens (including phenoxy) is 1. The molecular weight excluding hydrogens is 540 g/mol. The van der Waals surface area contributed by atoms with Gasteiger partial charge in [0.25, 0.3) is 0 Å². The van der Waals surface area contributed by atoms with Gasteiger partial charge in [-0.3, -0.25) is 0 Å². The van der Waals surface area contributed by atoms with E-state index in [4.69, 9.17) is 4.74 Å². The van der Waals surface area contributed by atoms with E-state index in [1.165, 1.54) is 0 Å². The Labute approximate surface area is 189 Å². The summed E-state index contributed by atoms with van der Waals surface area (Å²) < 4.78 is 8.10. The van der Waals surface area contributed by atoms with Crippen molar-refractivity contribution in [3.8, 4) is 11.6 Å². The molecule has 0 amide bonds. The van der Waals surface area contributed by atoms with E-state index in [0.29, 0.717) is 6.54 Å². The van der Waals surface area contributed by atoms with Crippen LogP contribution in [-0.2, 0) is 13.0 Å². The van der Waals surface area contributed by atoms with E-state index in [1.807, 2.05) is 53.1 Å². The maximum atomic E-state index is 12.8. The van der Waals surface area contributed by atoms with Gasteiger partial charge in [-0.1, -0.05) is 52.9 Å². The maximum absolute atomic E-state index is 12.8. The Bertz CT molecular complexity index is 791. The molecule has 0 aliphatic rings. The summed E-state index contributed by atoms with van der Waals surface area (Å²) in [5.41, 5.74) is 3.00. The van der Waals surface area contributed by atoms with Crippen molar-refractivity contribution in [3.05, 3.63) is 59.7 Å². The summed E-state index contributed by atoms with van der Waals surface area (Å²) in [4.78, 5) is 0. The van der Waals surface area contributed by atoms with Gasteiger partial charge >= 0.3 is 23.1 Å². The fraction of sp³-hybridized carbons (Fsp3) is 0.222. The fourth-order valence-electron chi connectivity index (χ4n) is 2.77. The van der Waals surface area contributed by atoms with Crippen LogP contribution in [0.25, 0.3) is 10.9 Å². The minimum absolute atomic E-state index is 0. The summed E-state index contributed by atoms with van der Waals surface area (Å²) in [7, 11) is 1.65. The van der Waals surface area contributed by atoms with Gasteiger partial charge in [0.1, 0.15) is 5.75 Å². The molecule has 0 aliphatic carbocycles. The van der Waals surface area contributed by atoms with Crippen LogP contribution in [0, 0.1) is 0 Å². The summed E-state index contributed by atoms with van der Waals surface area (Å²) in [5, 5.41) is 13.8. The first-order valence-electron chi connectivity index (χ1n) is 7.20. The Balaban J connectivity index is 0.00000144. The van der Waals surface area contributed by atoms with Crippen molar-refractivity contribution >= 4 is 56.5 Å². The zero-order valence-corrected chi connectivity index (χ0v) is 19.2. The Hall–Kier alpha value is -0.194. The minimum Gasteiger partial charge on any atom is -1.00 e. The zero-order chi connectivity index (χ0) is 15.5. The van der Waals surface area contributed by atoms with Crippen LogP contribution in [0.15, 0.2) is 48.5 Å². The first-order valence-corrected chi connectivity index (χ1v) is 8.73. The quantitative estimate of drug-likeness (QED) is 0.259. The number of hydrogen-bond acceptors (Lipinski definition) is 2. The van der Waals surface area contributed by atoms with E-state index in [9.17, 15) is 5.11 Å². The number of hydrogen-bond donors (Lipinski definition) is 0. The number of halogens is 2. The van der Waals surface area contributed by atoms with Crippen molar-refractivity contribution in [3.63, 3.8) is 0 Å². The molecule has 1 heterocycles. The van der Waals surface area contributed by atoms with Crippen molar-refractivity contribution in [2.75, 3.05) is 11.5 Å². The minimum atomic E-state index is 0. The van der Waals surface area contributed by atoms with E-state index in [2.05, 4.69) is 22.6 Å². The smallest absolute Gasteiger partial charge is 1.00 e. The average molecular weight is 557 g/mol. The predicted molar refractivity (Wildman–Crippen MR) is 102 cm³/mol. The maximum Gasteiger partial charge on any atom is 2.00 e. The first kappa shape index (κ1) is 21.8. The number of rotatable bonds is 5. The Morgan fingerprint density at radius 2 is 1.83 bits per heavy atom. The molecule has 3 nitrogen and oxygen atoms in total. The summed E-state index contributed by atoms with van der Waals surface area (Å²) in [6.07, 6.45) is 0.783. The van der Waals surface area contributed by atoms with E-state index in [0.717, 1.165) is 38.6 Å². The largest absolute Gasteiger partial charge is 2.00 e. The summed E-state index contributed by atoms with van der Waals surface area (Å²) in [6.45, 7) is 0.601. The second kappa shape index (κ2) is 10.1. The Morgan fingerprint density at radius 3 is 2.46 bits per heavy atom. The molecule has 6 heteroatoms. The van der Waals surface area contributed by atoms with Gasteiger partial charge in [-0.15, -0.1) is 0 Å². The Kier molecular flexibility index (Phi) is 9.17. The fourth-order valence-corrected chi connectivity index (χ4v) is 3.31. The van der Waals surface area contributed by atoms with Crippen molar-refractivity contribution in [1.82, 2.24) is 4.57 Å². The molecular formula is C18H17I2MgNO2. The summed E-state index contributed by atoms with van der Waals surface area (Å²) in [5.74, 6) is 0.905. The third kappa shape index (κ3) is 4.50. The van der Waals surface area contributed by atoms with Crippen molar-refractivity contribution in [2.45, 2.75) is 13.0 Å². The van der Waals surface area contributed by atoms with Crippen LogP contribution >= 0.6 is 22.6 Å². The molecule has 0 aliphatic heterocycles. The number of benzene rings is 2. The number of aryl methyl sites for hydroxylation is 1. The summed E-state index contributed by atoms with van der Waals surface area (Å²) in [6, 6.07) is 16.0. The van der Waals surface area contributed by atoms with Crippen LogP contribution in [0.4, 0.5) is 0 Å². The van der Waals surface area contributed by atoms with Gasteiger partial charge in [-0.25, -0.2) is 0 Å². The molecule has 24 heavy (non-hydrogen) atoms. The molecule has 0 atom stereocenters. The molecule has 3 rings (SSSR count). The molecule has 0 unspecified atom stereocenters. The molecule has 0 saturated heterocycles. The second-order valence-electron chi connectivity index (χ2n) is 5.18. The van der Waals surface area contributed by atoms with E-state index >= 15 is 0 Å². The molecule has 2 aromatic carbocycles. The van der Waals surface area contributed by atoms with Crippen LogP contribution < -0.4 is 33.8 Å². The first-order chi connectivity index (χ1) is 10.7. The number of alkyl halides is 1. The van der Waals surface area contributed by atoms with Crippen LogP contribution in [0.2, 0.25) is 0 Å². The molecule has 1 aromatic heterocycles. The third-order valence-corrected chi connectivity index (χ3v) is 4.39. The molecule has 3 aromatic rings. The van der Waals surface area contributed by atoms with Gasteiger partial charge in [0, 0.05) is 21.9 Å². The van der Waals surface area contributed by atoms with Crippen LogP contribution in [0.3, 0.4) is 0 Å². The molecule has 0 radical (unpaired) electrons.